The number of anilines is 1. The summed E-state index contributed by atoms with van der Waals surface area (Å²) in [6.07, 6.45) is 0. The second-order valence-electron chi connectivity index (χ2n) is 8.62. The number of likely N-dealkylation sites (N-methyl/N-ethyl adjacent to an activating group) is 1. The van der Waals surface area contributed by atoms with Crippen molar-refractivity contribution in [1.82, 2.24) is 9.80 Å². The average molecular weight is 511 g/mol. The fourth-order valence-corrected chi connectivity index (χ4v) is 6.23. The van der Waals surface area contributed by atoms with Crippen molar-refractivity contribution in [3.63, 3.8) is 0 Å². The zero-order valence-electron chi connectivity index (χ0n) is 18.2. The van der Waals surface area contributed by atoms with E-state index < -0.39 is 11.6 Å². The Hall–Kier alpha value is -2.89. The van der Waals surface area contributed by atoms with E-state index in [1.165, 1.54) is 10.5 Å². The topological polar surface area (TPSA) is 67.7 Å². The summed E-state index contributed by atoms with van der Waals surface area (Å²) in [6, 6.07) is 15.8. The Labute approximate surface area is 211 Å². The molecule has 172 valence electrons. The summed E-state index contributed by atoms with van der Waals surface area (Å²) in [5, 5.41) is 14.0. The van der Waals surface area contributed by atoms with E-state index in [0.29, 0.717) is 40.9 Å². The molecule has 0 aliphatic carbocycles. The lowest BCUT2D eigenvalue weighted by Crippen LogP contribution is -2.53. The highest BCUT2D eigenvalue weighted by Crippen LogP contribution is 2.47. The molecular formula is C25H20Cl2N4O2S. The van der Waals surface area contributed by atoms with Crippen LogP contribution in [0.4, 0.5) is 10.5 Å². The minimum absolute atomic E-state index is 0.278. The Morgan fingerprint density at radius 2 is 1.82 bits per heavy atom. The Bertz CT molecular complexity index is 1290. The molecule has 3 amide bonds. The van der Waals surface area contributed by atoms with E-state index in [2.05, 4.69) is 22.4 Å². The van der Waals surface area contributed by atoms with Crippen molar-refractivity contribution in [2.75, 3.05) is 25.0 Å². The molecule has 3 heterocycles. The van der Waals surface area contributed by atoms with Crippen LogP contribution in [0.3, 0.4) is 0 Å². The lowest BCUT2D eigenvalue weighted by atomic mass is 9.80. The predicted octanol–water partition coefficient (Wildman–Crippen LogP) is 5.36. The number of nitrogens with zero attached hydrogens (tertiary/aromatic N) is 4. The van der Waals surface area contributed by atoms with Crippen LogP contribution < -0.4 is 4.90 Å². The van der Waals surface area contributed by atoms with Gasteiger partial charge in [-0.25, -0.2) is 9.69 Å². The first-order valence-corrected chi connectivity index (χ1v) is 12.4. The third kappa shape index (κ3) is 3.68. The molecule has 0 saturated carbocycles. The van der Waals surface area contributed by atoms with E-state index >= 15 is 0 Å². The van der Waals surface area contributed by atoms with Crippen molar-refractivity contribution in [3.8, 4) is 6.07 Å². The van der Waals surface area contributed by atoms with Gasteiger partial charge in [-0.1, -0.05) is 35.3 Å². The number of carbonyl (C=O) groups is 2. The zero-order chi connectivity index (χ0) is 24.0. The Morgan fingerprint density at radius 1 is 1.12 bits per heavy atom. The van der Waals surface area contributed by atoms with Gasteiger partial charge in [0.05, 0.1) is 17.3 Å². The lowest BCUT2D eigenvalue weighted by molar-refractivity contribution is -0.124. The normalized spacial score (nSPS) is 22.7. The summed E-state index contributed by atoms with van der Waals surface area (Å²) in [4.78, 5) is 32.6. The van der Waals surface area contributed by atoms with Crippen LogP contribution >= 0.6 is 34.5 Å². The van der Waals surface area contributed by atoms with E-state index in [9.17, 15) is 14.9 Å². The molecule has 34 heavy (non-hydrogen) atoms. The van der Waals surface area contributed by atoms with Crippen LogP contribution in [0.1, 0.15) is 22.6 Å². The molecule has 1 aromatic heterocycles. The van der Waals surface area contributed by atoms with Gasteiger partial charge in [-0.3, -0.25) is 9.69 Å². The number of hydrogen-bond acceptors (Lipinski definition) is 5. The first kappa shape index (κ1) is 22.9. The van der Waals surface area contributed by atoms with E-state index in [1.807, 2.05) is 17.5 Å². The summed E-state index contributed by atoms with van der Waals surface area (Å²) in [5.74, 6) is -0.583. The van der Waals surface area contributed by atoms with Gasteiger partial charge in [0.1, 0.15) is 5.54 Å². The van der Waals surface area contributed by atoms with Crippen molar-refractivity contribution < 1.29 is 9.59 Å². The number of nitriles is 1. The largest absolute Gasteiger partial charge is 0.332 e. The number of urea groups is 1. The second kappa shape index (κ2) is 8.71. The maximum Gasteiger partial charge on any atom is 0.332 e. The molecule has 2 atom stereocenters. The van der Waals surface area contributed by atoms with Gasteiger partial charge in [0, 0.05) is 42.6 Å². The molecule has 2 fully saturated rings. The molecule has 9 heteroatoms. The molecule has 1 spiro atoms. The SMILES string of the molecule is CN1C(=O)N(c2cc(Cl)cc(Cl)c2)C(=O)[C@]12CN(Cc1ccsc1)C[C@@H]2c1ccc(C#N)cc1. The maximum atomic E-state index is 14.1. The monoisotopic (exact) mass is 510 g/mol. The predicted molar refractivity (Wildman–Crippen MR) is 133 cm³/mol. The number of amides is 3. The van der Waals surface area contributed by atoms with Gasteiger partial charge in [0.25, 0.3) is 5.91 Å². The summed E-state index contributed by atoms with van der Waals surface area (Å²) in [5.41, 5.74) is 1.87. The van der Waals surface area contributed by atoms with Gasteiger partial charge in [-0.05, 0) is 58.3 Å². The van der Waals surface area contributed by atoms with Crippen molar-refractivity contribution in [2.24, 2.45) is 0 Å². The molecule has 2 saturated heterocycles. The molecule has 0 N–H and O–H groups in total. The maximum absolute atomic E-state index is 14.1. The zero-order valence-corrected chi connectivity index (χ0v) is 20.6. The van der Waals surface area contributed by atoms with Crippen molar-refractivity contribution in [2.45, 2.75) is 18.0 Å². The molecule has 0 unspecified atom stereocenters. The molecule has 0 radical (unpaired) electrons. The van der Waals surface area contributed by atoms with Crippen LogP contribution in [0, 0.1) is 11.3 Å². The molecule has 6 nitrogen and oxygen atoms in total. The number of carbonyl (C=O) groups excluding carboxylic acids is 2. The number of hydrogen-bond donors (Lipinski definition) is 0. The average Bonchev–Trinajstić information content (AvgIpc) is 3.50. The van der Waals surface area contributed by atoms with E-state index in [-0.39, 0.29) is 11.8 Å². The van der Waals surface area contributed by atoms with Gasteiger partial charge in [0.15, 0.2) is 0 Å². The van der Waals surface area contributed by atoms with Crippen LogP contribution in [-0.4, -0.2) is 47.4 Å². The van der Waals surface area contributed by atoms with Crippen LogP contribution in [0.25, 0.3) is 0 Å². The highest BCUT2D eigenvalue weighted by Gasteiger charge is 2.64. The van der Waals surface area contributed by atoms with Crippen molar-refractivity contribution >= 4 is 52.2 Å². The smallest absolute Gasteiger partial charge is 0.310 e. The Kier molecular flexibility index (Phi) is 5.86. The minimum Gasteiger partial charge on any atom is -0.310 e. The highest BCUT2D eigenvalue weighted by atomic mass is 35.5. The third-order valence-corrected chi connectivity index (χ3v) is 7.83. The Balaban J connectivity index is 1.59. The molecule has 2 aliphatic heterocycles. The van der Waals surface area contributed by atoms with Gasteiger partial charge >= 0.3 is 6.03 Å². The first-order valence-electron chi connectivity index (χ1n) is 10.7. The first-order chi connectivity index (χ1) is 16.3. The summed E-state index contributed by atoms with van der Waals surface area (Å²) >= 11 is 14.0. The number of imide groups is 1. The number of rotatable bonds is 4. The molecular weight excluding hydrogens is 491 g/mol. The number of likely N-dealkylation sites (tertiary alicyclic amines) is 1. The summed E-state index contributed by atoms with van der Waals surface area (Å²) in [6.45, 7) is 1.66. The fourth-order valence-electron chi connectivity index (χ4n) is 5.05. The van der Waals surface area contributed by atoms with E-state index in [4.69, 9.17) is 23.2 Å². The number of thiophene rings is 1. The van der Waals surface area contributed by atoms with Gasteiger partial charge in [0.2, 0.25) is 0 Å². The third-order valence-electron chi connectivity index (χ3n) is 6.67. The lowest BCUT2D eigenvalue weighted by Gasteiger charge is -2.34. The Morgan fingerprint density at radius 3 is 2.44 bits per heavy atom. The standard InChI is InChI=1S/C25H20Cl2N4O2S/c1-29-24(33)31(21-9-19(26)8-20(27)10-21)23(32)25(29)15-30(12-17-6-7-34-14-17)13-22(25)18-4-2-16(11-28)3-5-18/h2-10,14,22H,12-13,15H2,1H3/t22-,25-/m1/s1. The summed E-state index contributed by atoms with van der Waals surface area (Å²) < 4.78 is 0. The van der Waals surface area contributed by atoms with Crippen LogP contribution in [0.5, 0.6) is 0 Å². The van der Waals surface area contributed by atoms with Gasteiger partial charge < -0.3 is 4.90 Å². The van der Waals surface area contributed by atoms with E-state index in [1.54, 1.807) is 53.6 Å². The quantitative estimate of drug-likeness (QED) is 0.442. The summed E-state index contributed by atoms with van der Waals surface area (Å²) in [7, 11) is 1.68. The van der Waals surface area contributed by atoms with Crippen molar-refractivity contribution in [1.29, 1.82) is 5.26 Å². The molecule has 3 aromatic rings. The molecule has 2 aliphatic rings. The van der Waals surface area contributed by atoms with E-state index in [0.717, 1.165) is 5.56 Å². The number of halogens is 2. The molecule has 0 bridgehead atoms. The fraction of sp³-hybridized carbons (Fsp3) is 0.240. The molecule has 2 aromatic carbocycles. The van der Waals surface area contributed by atoms with Crippen LogP contribution in [-0.2, 0) is 11.3 Å². The van der Waals surface area contributed by atoms with Gasteiger partial charge in [-0.15, -0.1) is 0 Å². The molecule has 5 rings (SSSR count). The minimum atomic E-state index is -1.10. The number of benzene rings is 2. The van der Waals surface area contributed by atoms with Gasteiger partial charge in [-0.2, -0.15) is 16.6 Å². The van der Waals surface area contributed by atoms with Crippen LogP contribution in [0.15, 0.2) is 59.3 Å². The van der Waals surface area contributed by atoms with Crippen LogP contribution in [0.2, 0.25) is 10.0 Å². The second-order valence-corrected chi connectivity index (χ2v) is 10.3. The highest BCUT2D eigenvalue weighted by molar-refractivity contribution is 7.07. The van der Waals surface area contributed by atoms with Crippen molar-refractivity contribution in [3.05, 3.63) is 86.0 Å².